The van der Waals surface area contributed by atoms with Crippen LogP contribution in [0.2, 0.25) is 0 Å². The summed E-state index contributed by atoms with van der Waals surface area (Å²) in [5, 5.41) is 11.7. The van der Waals surface area contributed by atoms with Gasteiger partial charge in [0.25, 0.3) is 0 Å². The standard InChI is InChI=1S/C16H23NO4/c1-12(2)21-11-15(18)17-14(8-9-16(19)20)10-13-6-4-3-5-7-13/h3-7,12,14H,8-11H2,1-2H3,(H,17,18)(H,19,20). The quantitative estimate of drug-likeness (QED) is 0.730. The van der Waals surface area contributed by atoms with Crippen LogP contribution in [0.5, 0.6) is 0 Å². The maximum Gasteiger partial charge on any atom is 0.303 e. The molecule has 0 aliphatic rings. The van der Waals surface area contributed by atoms with Crippen LogP contribution in [0.15, 0.2) is 30.3 Å². The number of carbonyl (C=O) groups excluding carboxylic acids is 1. The van der Waals surface area contributed by atoms with E-state index in [1.165, 1.54) is 0 Å². The molecule has 0 aliphatic carbocycles. The van der Waals surface area contributed by atoms with Gasteiger partial charge in [0.05, 0.1) is 6.10 Å². The van der Waals surface area contributed by atoms with Crippen LogP contribution < -0.4 is 5.32 Å². The number of aliphatic carboxylic acids is 1. The van der Waals surface area contributed by atoms with E-state index < -0.39 is 5.97 Å². The largest absolute Gasteiger partial charge is 0.481 e. The lowest BCUT2D eigenvalue weighted by atomic mass is 10.0. The Bertz CT molecular complexity index is 445. The highest BCUT2D eigenvalue weighted by molar-refractivity contribution is 5.77. The Hall–Kier alpha value is -1.88. The third-order valence-electron chi connectivity index (χ3n) is 2.94. The molecule has 0 fully saturated rings. The van der Waals surface area contributed by atoms with Gasteiger partial charge >= 0.3 is 5.97 Å². The number of rotatable bonds is 9. The minimum Gasteiger partial charge on any atom is -0.481 e. The van der Waals surface area contributed by atoms with E-state index >= 15 is 0 Å². The fourth-order valence-corrected chi connectivity index (χ4v) is 1.93. The number of hydrogen-bond acceptors (Lipinski definition) is 3. The molecule has 1 aromatic carbocycles. The van der Waals surface area contributed by atoms with Crippen LogP contribution in [-0.4, -0.2) is 35.7 Å². The molecule has 0 bridgehead atoms. The van der Waals surface area contributed by atoms with Gasteiger partial charge < -0.3 is 15.2 Å². The second-order valence-electron chi connectivity index (χ2n) is 5.25. The normalized spacial score (nSPS) is 12.1. The summed E-state index contributed by atoms with van der Waals surface area (Å²) < 4.78 is 5.25. The number of hydrogen-bond donors (Lipinski definition) is 2. The van der Waals surface area contributed by atoms with E-state index in [1.807, 2.05) is 44.2 Å². The molecule has 0 aromatic heterocycles. The maximum atomic E-state index is 11.8. The Morgan fingerprint density at radius 2 is 1.90 bits per heavy atom. The molecule has 2 N–H and O–H groups in total. The first-order valence-corrected chi connectivity index (χ1v) is 7.14. The van der Waals surface area contributed by atoms with Crippen LogP contribution in [0.25, 0.3) is 0 Å². The molecule has 1 unspecified atom stereocenters. The van der Waals surface area contributed by atoms with Crippen molar-refractivity contribution in [2.75, 3.05) is 6.61 Å². The molecule has 116 valence electrons. The predicted molar refractivity (Wildman–Crippen MR) is 80.0 cm³/mol. The van der Waals surface area contributed by atoms with Crippen LogP contribution in [0, 0.1) is 0 Å². The molecular weight excluding hydrogens is 270 g/mol. The molecule has 5 nitrogen and oxygen atoms in total. The van der Waals surface area contributed by atoms with Gasteiger partial charge in [-0.3, -0.25) is 9.59 Å². The molecule has 0 radical (unpaired) electrons. The number of carboxylic acids is 1. The number of carboxylic acid groups (broad SMARTS) is 1. The first-order valence-electron chi connectivity index (χ1n) is 7.14. The summed E-state index contributed by atoms with van der Waals surface area (Å²) in [5.74, 6) is -1.07. The Morgan fingerprint density at radius 1 is 1.24 bits per heavy atom. The Balaban J connectivity index is 2.55. The Morgan fingerprint density at radius 3 is 2.48 bits per heavy atom. The molecule has 1 rings (SSSR count). The SMILES string of the molecule is CC(C)OCC(=O)NC(CCC(=O)O)Cc1ccccc1. The Kier molecular flexibility index (Phi) is 7.46. The lowest BCUT2D eigenvalue weighted by Gasteiger charge is -2.19. The molecule has 0 saturated carbocycles. The second-order valence-corrected chi connectivity index (χ2v) is 5.25. The van der Waals surface area contributed by atoms with E-state index in [-0.39, 0.29) is 31.1 Å². The van der Waals surface area contributed by atoms with Crippen molar-refractivity contribution in [3.63, 3.8) is 0 Å². The lowest BCUT2D eigenvalue weighted by molar-refractivity contribution is -0.137. The summed E-state index contributed by atoms with van der Waals surface area (Å²) >= 11 is 0. The van der Waals surface area contributed by atoms with Crippen LogP contribution in [0.4, 0.5) is 0 Å². The second kappa shape index (κ2) is 9.13. The van der Waals surface area contributed by atoms with E-state index in [0.29, 0.717) is 12.8 Å². The van der Waals surface area contributed by atoms with E-state index in [0.717, 1.165) is 5.56 Å². The maximum absolute atomic E-state index is 11.8. The van der Waals surface area contributed by atoms with Gasteiger partial charge in [-0.2, -0.15) is 0 Å². The topological polar surface area (TPSA) is 75.6 Å². The number of amides is 1. The van der Waals surface area contributed by atoms with Gasteiger partial charge in [-0.1, -0.05) is 30.3 Å². The molecule has 1 atom stereocenters. The van der Waals surface area contributed by atoms with E-state index in [9.17, 15) is 9.59 Å². The van der Waals surface area contributed by atoms with E-state index in [4.69, 9.17) is 9.84 Å². The fraction of sp³-hybridized carbons (Fsp3) is 0.500. The van der Waals surface area contributed by atoms with Crippen molar-refractivity contribution in [1.82, 2.24) is 5.32 Å². The van der Waals surface area contributed by atoms with Crippen LogP contribution in [0.1, 0.15) is 32.3 Å². The van der Waals surface area contributed by atoms with E-state index in [1.54, 1.807) is 0 Å². The van der Waals surface area contributed by atoms with E-state index in [2.05, 4.69) is 5.32 Å². The first-order chi connectivity index (χ1) is 9.97. The molecule has 1 aromatic rings. The Labute approximate surface area is 125 Å². The van der Waals surface area contributed by atoms with Crippen molar-refractivity contribution >= 4 is 11.9 Å². The highest BCUT2D eigenvalue weighted by atomic mass is 16.5. The number of carbonyl (C=O) groups is 2. The summed E-state index contributed by atoms with van der Waals surface area (Å²) in [7, 11) is 0. The third-order valence-corrected chi connectivity index (χ3v) is 2.94. The van der Waals surface area contributed by atoms with Gasteiger partial charge in [0.2, 0.25) is 5.91 Å². The zero-order valence-electron chi connectivity index (χ0n) is 12.5. The van der Waals surface area contributed by atoms with Gasteiger partial charge in [0.15, 0.2) is 0 Å². The molecular formula is C16H23NO4. The van der Waals surface area contributed by atoms with Crippen molar-refractivity contribution in [3.8, 4) is 0 Å². The zero-order chi connectivity index (χ0) is 15.7. The van der Waals surface area contributed by atoms with Gasteiger partial charge in [0.1, 0.15) is 6.61 Å². The summed E-state index contributed by atoms with van der Waals surface area (Å²) in [6.45, 7) is 3.72. The minimum atomic E-state index is -0.860. The van der Waals surface area contributed by atoms with Crippen molar-refractivity contribution in [1.29, 1.82) is 0 Å². The number of nitrogens with one attached hydrogen (secondary N) is 1. The average Bonchev–Trinajstić information content (AvgIpc) is 2.43. The monoisotopic (exact) mass is 293 g/mol. The highest BCUT2D eigenvalue weighted by Crippen LogP contribution is 2.08. The predicted octanol–water partition coefficient (Wildman–Crippen LogP) is 2.00. The van der Waals surface area contributed by atoms with Crippen molar-refractivity contribution in [2.45, 2.75) is 45.3 Å². The summed E-state index contributed by atoms with van der Waals surface area (Å²) in [5.41, 5.74) is 1.07. The summed E-state index contributed by atoms with van der Waals surface area (Å²) in [6.07, 6.45) is 1.03. The van der Waals surface area contributed by atoms with Crippen LogP contribution in [0.3, 0.4) is 0 Å². The zero-order valence-corrected chi connectivity index (χ0v) is 12.5. The van der Waals surface area contributed by atoms with Crippen molar-refractivity contribution < 1.29 is 19.4 Å². The third kappa shape index (κ3) is 8.09. The van der Waals surface area contributed by atoms with Gasteiger partial charge in [-0.25, -0.2) is 0 Å². The highest BCUT2D eigenvalue weighted by Gasteiger charge is 2.15. The van der Waals surface area contributed by atoms with Gasteiger partial charge in [0, 0.05) is 12.5 Å². The average molecular weight is 293 g/mol. The molecule has 0 saturated heterocycles. The minimum absolute atomic E-state index is 0.00394. The van der Waals surface area contributed by atoms with Crippen LogP contribution >= 0.6 is 0 Å². The van der Waals surface area contributed by atoms with Crippen LogP contribution in [-0.2, 0) is 20.7 Å². The summed E-state index contributed by atoms with van der Waals surface area (Å²) in [6, 6.07) is 9.49. The fourth-order valence-electron chi connectivity index (χ4n) is 1.93. The number of benzene rings is 1. The number of ether oxygens (including phenoxy) is 1. The lowest BCUT2D eigenvalue weighted by Crippen LogP contribution is -2.39. The first kappa shape index (κ1) is 17.2. The van der Waals surface area contributed by atoms with Gasteiger partial charge in [-0.15, -0.1) is 0 Å². The van der Waals surface area contributed by atoms with Gasteiger partial charge in [-0.05, 0) is 32.3 Å². The molecule has 0 heterocycles. The van der Waals surface area contributed by atoms with Crippen molar-refractivity contribution in [2.24, 2.45) is 0 Å². The molecule has 1 amide bonds. The molecule has 5 heteroatoms. The molecule has 0 aliphatic heterocycles. The smallest absolute Gasteiger partial charge is 0.303 e. The van der Waals surface area contributed by atoms with Crippen molar-refractivity contribution in [3.05, 3.63) is 35.9 Å². The molecule has 21 heavy (non-hydrogen) atoms. The molecule has 0 spiro atoms. The summed E-state index contributed by atoms with van der Waals surface area (Å²) in [4.78, 5) is 22.5.